The molecule has 6 heteroatoms. The van der Waals surface area contributed by atoms with E-state index in [1.165, 1.54) is 17.8 Å². The first kappa shape index (κ1) is 28.2. The summed E-state index contributed by atoms with van der Waals surface area (Å²) in [4.78, 5) is 0.592. The van der Waals surface area contributed by atoms with Crippen molar-refractivity contribution in [2.24, 2.45) is 0 Å². The van der Waals surface area contributed by atoms with E-state index < -0.39 is 18.2 Å². The van der Waals surface area contributed by atoms with Crippen molar-refractivity contribution in [3.05, 3.63) is 99.6 Å². The molecule has 0 aliphatic carbocycles. The molecule has 0 radical (unpaired) electrons. The largest absolute Gasteiger partial charge is 0.416 e. The van der Waals surface area contributed by atoms with Crippen molar-refractivity contribution >= 4 is 11.8 Å². The summed E-state index contributed by atoms with van der Waals surface area (Å²) >= 11 is 1.32. The van der Waals surface area contributed by atoms with Gasteiger partial charge in [0, 0.05) is 10.5 Å². The van der Waals surface area contributed by atoms with E-state index in [1.807, 2.05) is 19.1 Å². The normalized spacial score (nSPS) is 13.9. The first-order chi connectivity index (χ1) is 16.9. The zero-order valence-electron chi connectivity index (χ0n) is 21.3. The molecule has 0 aliphatic rings. The Morgan fingerprint density at radius 3 is 1.81 bits per heavy atom. The van der Waals surface area contributed by atoms with Crippen LogP contribution in [0.15, 0.2) is 65.6 Å². The Bertz CT molecular complexity index is 1170. The van der Waals surface area contributed by atoms with Gasteiger partial charge in [-0.25, -0.2) is 8.78 Å². The summed E-state index contributed by atoms with van der Waals surface area (Å²) in [5, 5.41) is 0. The summed E-state index contributed by atoms with van der Waals surface area (Å²) in [5.41, 5.74) is 3.94. The second kappa shape index (κ2) is 11.8. The van der Waals surface area contributed by atoms with Crippen molar-refractivity contribution in [1.29, 1.82) is 0 Å². The minimum Gasteiger partial charge on any atom is -0.205 e. The van der Waals surface area contributed by atoms with E-state index in [2.05, 4.69) is 32.9 Å². The average Bonchev–Trinajstić information content (AvgIpc) is 2.83. The monoisotopic (exact) mass is 520 g/mol. The van der Waals surface area contributed by atoms with Crippen LogP contribution >= 0.6 is 11.8 Å². The van der Waals surface area contributed by atoms with Gasteiger partial charge in [0.2, 0.25) is 0 Å². The van der Waals surface area contributed by atoms with E-state index in [1.54, 1.807) is 30.5 Å². The highest BCUT2D eigenvalue weighted by Gasteiger charge is 2.34. The summed E-state index contributed by atoms with van der Waals surface area (Å²) < 4.78 is 67.5. The van der Waals surface area contributed by atoms with Gasteiger partial charge in [-0.05, 0) is 82.9 Å². The van der Waals surface area contributed by atoms with Crippen molar-refractivity contribution < 1.29 is 22.0 Å². The van der Waals surface area contributed by atoms with Gasteiger partial charge in [0.25, 0.3) is 6.43 Å². The van der Waals surface area contributed by atoms with Crippen molar-refractivity contribution in [2.75, 3.05) is 6.26 Å². The number of thioether (sulfide) groups is 1. The molecule has 0 spiro atoms. The molecule has 0 fully saturated rings. The van der Waals surface area contributed by atoms with Crippen LogP contribution in [0.1, 0.15) is 90.8 Å². The molecular weight excluding hydrogens is 487 g/mol. The van der Waals surface area contributed by atoms with Crippen molar-refractivity contribution in [3.63, 3.8) is 0 Å². The van der Waals surface area contributed by atoms with Crippen molar-refractivity contribution in [2.45, 2.75) is 75.8 Å². The molecule has 0 amide bonds. The van der Waals surface area contributed by atoms with Crippen LogP contribution in [0.3, 0.4) is 0 Å². The van der Waals surface area contributed by atoms with Crippen LogP contribution in [0.4, 0.5) is 22.0 Å². The smallest absolute Gasteiger partial charge is 0.205 e. The third-order valence-corrected chi connectivity index (χ3v) is 7.53. The zero-order valence-corrected chi connectivity index (χ0v) is 22.1. The van der Waals surface area contributed by atoms with Crippen molar-refractivity contribution in [3.8, 4) is 0 Å². The van der Waals surface area contributed by atoms with E-state index >= 15 is 0 Å². The lowest BCUT2D eigenvalue weighted by molar-refractivity contribution is -0.138. The van der Waals surface area contributed by atoms with E-state index in [9.17, 15) is 22.0 Å². The topological polar surface area (TPSA) is 0 Å². The van der Waals surface area contributed by atoms with Gasteiger partial charge in [0.1, 0.15) is 0 Å². The Kier molecular flexibility index (Phi) is 9.26. The summed E-state index contributed by atoms with van der Waals surface area (Å²) in [6.07, 6.45) is -3.98. The molecule has 3 aromatic rings. The van der Waals surface area contributed by atoms with Crippen LogP contribution in [-0.2, 0) is 19.0 Å². The Labute approximate surface area is 215 Å². The lowest BCUT2D eigenvalue weighted by atomic mass is 9.83. The molecule has 36 heavy (non-hydrogen) atoms. The Morgan fingerprint density at radius 2 is 1.25 bits per heavy atom. The van der Waals surface area contributed by atoms with Gasteiger partial charge in [-0.2, -0.15) is 13.2 Å². The van der Waals surface area contributed by atoms with Crippen LogP contribution in [0.25, 0.3) is 0 Å². The van der Waals surface area contributed by atoms with Crippen LogP contribution in [0, 0.1) is 0 Å². The average molecular weight is 521 g/mol. The summed E-state index contributed by atoms with van der Waals surface area (Å²) in [7, 11) is 0. The quantitative estimate of drug-likeness (QED) is 0.200. The minimum atomic E-state index is -4.38. The molecule has 2 unspecified atom stereocenters. The molecule has 0 aromatic heterocycles. The van der Waals surface area contributed by atoms with Gasteiger partial charge < -0.3 is 0 Å². The molecule has 0 saturated heterocycles. The molecule has 2 atom stereocenters. The number of rotatable bonds is 9. The molecule has 0 N–H and O–H groups in total. The zero-order chi connectivity index (χ0) is 26.6. The van der Waals surface area contributed by atoms with Gasteiger partial charge in [-0.3, -0.25) is 0 Å². The lowest BCUT2D eigenvalue weighted by Gasteiger charge is -2.22. The maximum atomic E-state index is 13.5. The standard InChI is InChI=1S/C30H33F5S/c1-18(2)25-16-21(15-20(4)24-8-6-7-9-27(24)30(33,34)35)10-12-23(25)19(3)14-22-11-13-28(36-5)26(17-22)29(31)32/h6-13,16-20,29H,14-15H2,1-5H3. The highest BCUT2D eigenvalue weighted by atomic mass is 32.2. The Balaban J connectivity index is 1.85. The number of hydrogen-bond acceptors (Lipinski definition) is 1. The first-order valence-corrected chi connectivity index (χ1v) is 13.4. The number of halogens is 5. The summed E-state index contributed by atoms with van der Waals surface area (Å²) in [6, 6.07) is 17.2. The van der Waals surface area contributed by atoms with Crippen LogP contribution < -0.4 is 0 Å². The van der Waals surface area contributed by atoms with Crippen molar-refractivity contribution in [1.82, 2.24) is 0 Å². The van der Waals surface area contributed by atoms with Gasteiger partial charge in [0.05, 0.1) is 5.56 Å². The molecule has 0 aliphatic heterocycles. The predicted octanol–water partition coefficient (Wildman–Crippen LogP) is 10.2. The molecule has 0 saturated carbocycles. The fraction of sp³-hybridized carbons (Fsp3) is 0.400. The molecule has 3 rings (SSSR count). The van der Waals surface area contributed by atoms with E-state index in [0.29, 0.717) is 23.3 Å². The fourth-order valence-electron chi connectivity index (χ4n) is 4.89. The number of hydrogen-bond donors (Lipinski definition) is 0. The van der Waals surface area contributed by atoms with Gasteiger partial charge in [-0.15, -0.1) is 11.8 Å². The highest BCUT2D eigenvalue weighted by molar-refractivity contribution is 7.98. The van der Waals surface area contributed by atoms with Gasteiger partial charge in [-0.1, -0.05) is 70.2 Å². The number of alkyl halides is 5. The van der Waals surface area contributed by atoms with Gasteiger partial charge in [0.15, 0.2) is 0 Å². The predicted molar refractivity (Wildman–Crippen MR) is 139 cm³/mol. The second-order valence-electron chi connectivity index (χ2n) is 9.79. The molecule has 194 valence electrons. The Morgan fingerprint density at radius 1 is 0.694 bits per heavy atom. The third kappa shape index (κ3) is 6.70. The summed E-state index contributed by atoms with van der Waals surface area (Å²) in [5.74, 6) is 0.0231. The molecule has 0 nitrogen and oxygen atoms in total. The van der Waals surface area contributed by atoms with Crippen LogP contribution in [-0.4, -0.2) is 6.26 Å². The Hall–Kier alpha value is -2.34. The molecule has 0 heterocycles. The van der Waals surface area contributed by atoms with Gasteiger partial charge >= 0.3 is 6.18 Å². The van der Waals surface area contributed by atoms with Crippen LogP contribution in [0.2, 0.25) is 0 Å². The van der Waals surface area contributed by atoms with Crippen LogP contribution in [0.5, 0.6) is 0 Å². The summed E-state index contributed by atoms with van der Waals surface area (Å²) in [6.45, 7) is 8.11. The highest BCUT2D eigenvalue weighted by Crippen LogP contribution is 2.37. The minimum absolute atomic E-state index is 0.0692. The SMILES string of the molecule is CSc1ccc(CC(C)c2ccc(CC(C)c3ccccc3C(F)(F)F)cc2C(C)C)cc1C(F)F. The molecular formula is C30H33F5S. The maximum Gasteiger partial charge on any atom is 0.416 e. The molecule has 3 aromatic carbocycles. The lowest BCUT2D eigenvalue weighted by Crippen LogP contribution is -2.12. The maximum absolute atomic E-state index is 13.5. The number of benzene rings is 3. The molecule has 0 bridgehead atoms. The first-order valence-electron chi connectivity index (χ1n) is 12.2. The third-order valence-electron chi connectivity index (χ3n) is 6.71. The van der Waals surface area contributed by atoms with E-state index in [-0.39, 0.29) is 23.3 Å². The second-order valence-corrected chi connectivity index (χ2v) is 10.6. The van der Waals surface area contributed by atoms with E-state index in [0.717, 1.165) is 28.3 Å². The fourth-order valence-corrected chi connectivity index (χ4v) is 5.48. The van der Waals surface area contributed by atoms with E-state index in [4.69, 9.17) is 0 Å².